The molecule has 1 aromatic heterocycles. The first-order valence-corrected chi connectivity index (χ1v) is 6.70. The molecule has 0 unspecified atom stereocenters. The second kappa shape index (κ2) is 5.60. The molecule has 17 heavy (non-hydrogen) atoms. The van der Waals surface area contributed by atoms with Crippen LogP contribution < -0.4 is 5.32 Å². The average molecular weight is 357 g/mol. The van der Waals surface area contributed by atoms with E-state index in [-0.39, 0.29) is 0 Å². The zero-order valence-electron chi connectivity index (χ0n) is 9.24. The van der Waals surface area contributed by atoms with Crippen LogP contribution in [0.15, 0.2) is 39.7 Å². The summed E-state index contributed by atoms with van der Waals surface area (Å²) in [6.45, 7) is 2.73. The maximum Gasteiger partial charge on any atom is 0.115 e. The third-order valence-corrected chi connectivity index (χ3v) is 3.53. The molecule has 0 fully saturated rings. The predicted octanol–water partition coefficient (Wildman–Crippen LogP) is 3.92. The molecule has 1 heterocycles. The lowest BCUT2D eigenvalue weighted by Gasteiger charge is -2.11. The highest BCUT2D eigenvalue weighted by atomic mass is 79.9. The molecule has 1 aromatic carbocycles. The number of anilines is 1. The van der Waals surface area contributed by atoms with Gasteiger partial charge in [0.1, 0.15) is 6.33 Å². The van der Waals surface area contributed by atoms with Crippen molar-refractivity contribution in [2.24, 2.45) is 0 Å². The van der Waals surface area contributed by atoms with E-state index in [1.165, 1.54) is 5.56 Å². The summed E-state index contributed by atoms with van der Waals surface area (Å²) in [6.07, 6.45) is 3.29. The molecule has 0 bridgehead atoms. The van der Waals surface area contributed by atoms with Crippen molar-refractivity contribution in [3.05, 3.63) is 50.9 Å². The molecule has 3 nitrogen and oxygen atoms in total. The Labute approximate surface area is 117 Å². The summed E-state index contributed by atoms with van der Waals surface area (Å²) in [7, 11) is 0. The van der Waals surface area contributed by atoms with E-state index < -0.39 is 0 Å². The first-order valence-electron chi connectivity index (χ1n) is 5.11. The summed E-state index contributed by atoms with van der Waals surface area (Å²) in [5.74, 6) is 0. The maximum atomic E-state index is 4.17. The highest BCUT2D eigenvalue weighted by Crippen LogP contribution is 2.32. The average Bonchev–Trinajstić information content (AvgIpc) is 2.29. The minimum Gasteiger partial charge on any atom is -0.378 e. The molecule has 88 valence electrons. The Balaban J connectivity index is 2.15. The van der Waals surface area contributed by atoms with Crippen LogP contribution in [0.3, 0.4) is 0 Å². The Hall–Kier alpha value is -0.940. The van der Waals surface area contributed by atoms with E-state index >= 15 is 0 Å². The molecule has 5 heteroatoms. The normalized spacial score (nSPS) is 10.3. The van der Waals surface area contributed by atoms with Gasteiger partial charge in [-0.1, -0.05) is 0 Å². The van der Waals surface area contributed by atoms with Crippen LogP contribution in [0.2, 0.25) is 0 Å². The van der Waals surface area contributed by atoms with E-state index in [2.05, 4.69) is 66.2 Å². The van der Waals surface area contributed by atoms with E-state index in [4.69, 9.17) is 0 Å². The molecule has 1 N–H and O–H groups in total. The first kappa shape index (κ1) is 12.5. The molecule has 2 aromatic rings. The van der Waals surface area contributed by atoms with Gasteiger partial charge >= 0.3 is 0 Å². The third-order valence-electron chi connectivity index (χ3n) is 2.28. The molecule has 0 aliphatic carbocycles. The van der Waals surface area contributed by atoms with Gasteiger partial charge < -0.3 is 5.32 Å². The van der Waals surface area contributed by atoms with Crippen molar-refractivity contribution in [3.8, 4) is 0 Å². The third kappa shape index (κ3) is 3.26. The van der Waals surface area contributed by atoms with Crippen LogP contribution in [0.25, 0.3) is 0 Å². The van der Waals surface area contributed by atoms with Crippen LogP contribution in [-0.4, -0.2) is 9.97 Å². The van der Waals surface area contributed by atoms with Gasteiger partial charge in [0.25, 0.3) is 0 Å². The van der Waals surface area contributed by atoms with E-state index in [9.17, 15) is 0 Å². The van der Waals surface area contributed by atoms with Gasteiger partial charge in [-0.05, 0) is 62.5 Å². The van der Waals surface area contributed by atoms with Crippen LogP contribution in [0.4, 0.5) is 5.69 Å². The molecule has 0 atom stereocenters. The molecule has 0 aliphatic heterocycles. The number of halogens is 2. The lowest BCUT2D eigenvalue weighted by molar-refractivity contribution is 1.00. The fourth-order valence-corrected chi connectivity index (χ4v) is 3.17. The summed E-state index contributed by atoms with van der Waals surface area (Å²) in [4.78, 5) is 8.06. The van der Waals surface area contributed by atoms with E-state index in [0.717, 1.165) is 20.3 Å². The summed E-state index contributed by atoms with van der Waals surface area (Å²) in [6, 6.07) is 6.04. The van der Waals surface area contributed by atoms with Crippen molar-refractivity contribution in [3.63, 3.8) is 0 Å². The number of aromatic nitrogens is 2. The van der Waals surface area contributed by atoms with Crippen molar-refractivity contribution in [1.29, 1.82) is 0 Å². The topological polar surface area (TPSA) is 37.8 Å². The Morgan fingerprint density at radius 2 is 1.94 bits per heavy atom. The number of hydrogen-bond acceptors (Lipinski definition) is 3. The van der Waals surface area contributed by atoms with Crippen LogP contribution >= 0.6 is 31.9 Å². The van der Waals surface area contributed by atoms with Gasteiger partial charge in [0.05, 0.1) is 17.9 Å². The molecule has 0 spiro atoms. The van der Waals surface area contributed by atoms with Crippen LogP contribution in [0.5, 0.6) is 0 Å². The number of rotatable bonds is 3. The molecular formula is C12H11Br2N3. The van der Waals surface area contributed by atoms with Gasteiger partial charge in [-0.15, -0.1) is 0 Å². The summed E-state index contributed by atoms with van der Waals surface area (Å²) in [5, 5.41) is 3.34. The predicted molar refractivity (Wildman–Crippen MR) is 75.9 cm³/mol. The second-order valence-corrected chi connectivity index (χ2v) is 5.37. The van der Waals surface area contributed by atoms with E-state index in [0.29, 0.717) is 6.54 Å². The molecule has 2 rings (SSSR count). The zero-order chi connectivity index (χ0) is 12.3. The minimum absolute atomic E-state index is 0.669. The fraction of sp³-hybridized carbons (Fsp3) is 0.167. The number of aryl methyl sites for hydroxylation is 1. The molecular weight excluding hydrogens is 346 g/mol. The van der Waals surface area contributed by atoms with Crippen molar-refractivity contribution in [2.75, 3.05) is 5.32 Å². The van der Waals surface area contributed by atoms with Crippen LogP contribution in [0, 0.1) is 6.92 Å². The summed E-state index contributed by atoms with van der Waals surface area (Å²) in [5.41, 5.74) is 3.20. The van der Waals surface area contributed by atoms with Gasteiger partial charge in [-0.25, -0.2) is 9.97 Å². The lowest BCUT2D eigenvalue weighted by atomic mass is 10.2. The van der Waals surface area contributed by atoms with Gasteiger partial charge in [-0.3, -0.25) is 0 Å². The summed E-state index contributed by atoms with van der Waals surface area (Å²) >= 11 is 7.09. The quantitative estimate of drug-likeness (QED) is 0.905. The van der Waals surface area contributed by atoms with Crippen molar-refractivity contribution < 1.29 is 0 Å². The molecule has 0 amide bonds. The van der Waals surface area contributed by atoms with Crippen LogP contribution in [-0.2, 0) is 6.54 Å². The van der Waals surface area contributed by atoms with Crippen molar-refractivity contribution >= 4 is 37.5 Å². The van der Waals surface area contributed by atoms with Gasteiger partial charge in [0, 0.05) is 15.1 Å². The van der Waals surface area contributed by atoms with Crippen LogP contribution in [0.1, 0.15) is 11.3 Å². The first-order chi connectivity index (χ1) is 8.16. The number of benzene rings is 1. The SMILES string of the molecule is Cc1cc(Br)c(NCc2ccncn2)c(Br)c1. The molecule has 0 saturated carbocycles. The highest BCUT2D eigenvalue weighted by molar-refractivity contribution is 9.11. The Bertz CT molecular complexity index is 491. The number of nitrogens with zero attached hydrogens (tertiary/aromatic N) is 2. The lowest BCUT2D eigenvalue weighted by Crippen LogP contribution is -2.03. The number of hydrogen-bond donors (Lipinski definition) is 1. The standard InChI is InChI=1S/C12H11Br2N3/c1-8-4-10(13)12(11(14)5-8)16-6-9-2-3-15-7-17-9/h2-5,7,16H,6H2,1H3. The maximum absolute atomic E-state index is 4.17. The Morgan fingerprint density at radius 3 is 2.53 bits per heavy atom. The van der Waals surface area contributed by atoms with Gasteiger partial charge in [0.2, 0.25) is 0 Å². The van der Waals surface area contributed by atoms with E-state index in [1.807, 2.05) is 6.07 Å². The van der Waals surface area contributed by atoms with Gasteiger partial charge in [-0.2, -0.15) is 0 Å². The van der Waals surface area contributed by atoms with Crippen molar-refractivity contribution in [1.82, 2.24) is 9.97 Å². The smallest absolute Gasteiger partial charge is 0.115 e. The Kier molecular flexibility index (Phi) is 4.12. The molecule has 0 aliphatic rings. The van der Waals surface area contributed by atoms with Crippen molar-refractivity contribution in [2.45, 2.75) is 13.5 Å². The minimum atomic E-state index is 0.669. The molecule has 0 radical (unpaired) electrons. The van der Waals surface area contributed by atoms with E-state index in [1.54, 1.807) is 12.5 Å². The second-order valence-electron chi connectivity index (χ2n) is 3.66. The fourth-order valence-electron chi connectivity index (χ4n) is 1.47. The monoisotopic (exact) mass is 355 g/mol. The zero-order valence-corrected chi connectivity index (χ0v) is 12.4. The molecule has 0 saturated heterocycles. The van der Waals surface area contributed by atoms with Gasteiger partial charge in [0.15, 0.2) is 0 Å². The highest BCUT2D eigenvalue weighted by Gasteiger charge is 2.05. The largest absolute Gasteiger partial charge is 0.378 e. The summed E-state index contributed by atoms with van der Waals surface area (Å²) < 4.78 is 2.08. The Morgan fingerprint density at radius 1 is 1.24 bits per heavy atom. The number of nitrogens with one attached hydrogen (secondary N) is 1.